The molecule has 0 spiro atoms. The molecule has 1 heterocycles. The molecule has 0 aromatic heterocycles. The molecule has 0 amide bonds. The first-order valence-corrected chi connectivity index (χ1v) is 10.0. The van der Waals surface area contributed by atoms with Gasteiger partial charge in [0.2, 0.25) is 0 Å². The Labute approximate surface area is 169 Å². The maximum absolute atomic E-state index is 13.4. The molecule has 0 saturated carbocycles. The van der Waals surface area contributed by atoms with E-state index in [1.165, 1.54) is 12.1 Å². The number of Topliss-reactive ketones (excluding diaryl/α,β-unsaturated/α-hetero) is 2. The average molecular weight is 395 g/mol. The Hall–Kier alpha value is -2.76. The topological polar surface area (TPSA) is 86.5 Å². The Morgan fingerprint density at radius 2 is 1.59 bits per heavy atom. The van der Waals surface area contributed by atoms with Crippen molar-refractivity contribution in [1.82, 2.24) is 0 Å². The number of carbonyl (C=O) groups excluding carboxylic acids is 2. The van der Waals surface area contributed by atoms with E-state index < -0.39 is 16.3 Å². The van der Waals surface area contributed by atoms with Crippen LogP contribution >= 0.6 is 0 Å². The molecule has 1 aromatic rings. The predicted octanol–water partition coefficient (Wildman–Crippen LogP) is 5.00. The number of rotatable bonds is 2. The third-order valence-electron chi connectivity index (χ3n) is 6.51. The average Bonchev–Trinajstić information content (AvgIpc) is 2.67. The Morgan fingerprint density at radius 3 is 2.21 bits per heavy atom. The van der Waals surface area contributed by atoms with Crippen molar-refractivity contribution >= 4 is 17.3 Å². The van der Waals surface area contributed by atoms with Gasteiger partial charge in [-0.1, -0.05) is 39.8 Å². The lowest BCUT2D eigenvalue weighted by Crippen LogP contribution is -2.40. The van der Waals surface area contributed by atoms with Crippen LogP contribution in [0.1, 0.15) is 64.9 Å². The molecule has 1 aromatic carbocycles. The van der Waals surface area contributed by atoms with Gasteiger partial charge in [-0.3, -0.25) is 19.7 Å². The minimum absolute atomic E-state index is 0.00888. The smallest absolute Gasteiger partial charge is 0.269 e. The molecule has 2 aliphatic carbocycles. The molecular formula is C23H25NO5. The van der Waals surface area contributed by atoms with Crippen LogP contribution in [0.5, 0.6) is 0 Å². The fraction of sp³-hybridized carbons (Fsp3) is 0.478. The van der Waals surface area contributed by atoms with Crippen molar-refractivity contribution in [2.75, 3.05) is 0 Å². The first-order chi connectivity index (χ1) is 13.5. The number of hydrogen-bond acceptors (Lipinski definition) is 5. The Morgan fingerprint density at radius 1 is 0.966 bits per heavy atom. The summed E-state index contributed by atoms with van der Waals surface area (Å²) in [6.07, 6.45) is 2.42. The second-order valence-corrected chi connectivity index (χ2v) is 9.48. The zero-order chi connectivity index (χ0) is 21.1. The summed E-state index contributed by atoms with van der Waals surface area (Å²) in [4.78, 5) is 37.1. The van der Waals surface area contributed by atoms with Gasteiger partial charge in [-0.05, 0) is 18.4 Å². The summed E-state index contributed by atoms with van der Waals surface area (Å²) in [5, 5.41) is 11.1. The van der Waals surface area contributed by atoms with Crippen LogP contribution in [0, 0.1) is 20.9 Å². The highest BCUT2D eigenvalue weighted by atomic mass is 16.6. The quantitative estimate of drug-likeness (QED) is 0.520. The van der Waals surface area contributed by atoms with Gasteiger partial charge in [0.15, 0.2) is 11.6 Å². The predicted molar refractivity (Wildman–Crippen MR) is 107 cm³/mol. The van der Waals surface area contributed by atoms with Crippen LogP contribution in [0.25, 0.3) is 0 Å². The fourth-order valence-electron chi connectivity index (χ4n) is 4.60. The van der Waals surface area contributed by atoms with E-state index in [1.54, 1.807) is 12.1 Å². The molecule has 3 aliphatic rings. The van der Waals surface area contributed by atoms with Crippen molar-refractivity contribution < 1.29 is 19.2 Å². The van der Waals surface area contributed by atoms with Crippen LogP contribution in [0.4, 0.5) is 5.69 Å². The summed E-state index contributed by atoms with van der Waals surface area (Å²) in [5.74, 6) is 0.756. The van der Waals surface area contributed by atoms with E-state index in [-0.39, 0.29) is 22.7 Å². The summed E-state index contributed by atoms with van der Waals surface area (Å²) in [6.45, 7) is 7.95. The third kappa shape index (κ3) is 3.02. The highest BCUT2D eigenvalue weighted by molar-refractivity contribution is 6.07. The lowest BCUT2D eigenvalue weighted by atomic mass is 9.64. The molecule has 6 heteroatoms. The largest absolute Gasteiger partial charge is 0.465 e. The molecule has 6 nitrogen and oxygen atoms in total. The van der Waals surface area contributed by atoms with Gasteiger partial charge >= 0.3 is 0 Å². The minimum atomic E-state index is -0.535. The third-order valence-corrected chi connectivity index (χ3v) is 6.51. The van der Waals surface area contributed by atoms with Crippen LogP contribution in [0.15, 0.2) is 46.9 Å². The fourth-order valence-corrected chi connectivity index (χ4v) is 4.60. The van der Waals surface area contributed by atoms with E-state index in [4.69, 9.17) is 4.74 Å². The molecule has 0 radical (unpaired) electrons. The van der Waals surface area contributed by atoms with Gasteiger partial charge in [-0.2, -0.15) is 0 Å². The van der Waals surface area contributed by atoms with E-state index in [0.717, 1.165) is 5.56 Å². The standard InChI is InChI=1S/C23H25NO5/c1-22(2)12-10-16-19(20(22)26)17(13-5-7-14(8-6-13)24(27)28)18-15(25)9-11-23(3,4)21(18)29-16/h5-8,17H,9-12H2,1-4H3. The van der Waals surface area contributed by atoms with E-state index >= 15 is 0 Å². The van der Waals surface area contributed by atoms with Crippen LogP contribution in [0.3, 0.4) is 0 Å². The molecule has 0 bridgehead atoms. The van der Waals surface area contributed by atoms with Gasteiger partial charge < -0.3 is 4.74 Å². The van der Waals surface area contributed by atoms with Crippen LogP contribution in [-0.2, 0) is 14.3 Å². The first kappa shape index (κ1) is 19.6. The maximum Gasteiger partial charge on any atom is 0.269 e. The summed E-state index contributed by atoms with van der Waals surface area (Å²) in [7, 11) is 0. The Kier molecular flexibility index (Phi) is 4.30. The summed E-state index contributed by atoms with van der Waals surface area (Å²) < 4.78 is 6.27. The SMILES string of the molecule is CC1(C)CCC2=C(C1=O)C(c1ccc([N+](=O)[O-])cc1)C1=C(O2)C(C)(C)CCC1=O. The molecule has 1 aliphatic heterocycles. The van der Waals surface area contributed by atoms with Crippen molar-refractivity contribution in [3.63, 3.8) is 0 Å². The molecule has 4 rings (SSSR count). The zero-order valence-electron chi connectivity index (χ0n) is 17.2. The van der Waals surface area contributed by atoms with E-state index in [9.17, 15) is 19.7 Å². The molecule has 1 unspecified atom stereocenters. The second kappa shape index (κ2) is 6.37. The van der Waals surface area contributed by atoms with Gasteiger partial charge in [-0.15, -0.1) is 0 Å². The number of allylic oxidation sites excluding steroid dienone is 4. The first-order valence-electron chi connectivity index (χ1n) is 10.0. The number of benzene rings is 1. The van der Waals surface area contributed by atoms with Crippen molar-refractivity contribution in [2.45, 2.75) is 59.3 Å². The molecule has 0 fully saturated rings. The second-order valence-electron chi connectivity index (χ2n) is 9.48. The normalized spacial score (nSPS) is 25.3. The van der Waals surface area contributed by atoms with Gasteiger partial charge in [-0.25, -0.2) is 0 Å². The Balaban J connectivity index is 1.94. The lowest BCUT2D eigenvalue weighted by molar-refractivity contribution is -0.384. The maximum atomic E-state index is 13.4. The number of non-ortho nitro benzene ring substituents is 1. The molecule has 1 atom stereocenters. The van der Waals surface area contributed by atoms with Gasteiger partial charge in [0.25, 0.3) is 5.69 Å². The highest BCUT2D eigenvalue weighted by Gasteiger charge is 2.50. The minimum Gasteiger partial charge on any atom is -0.465 e. The number of nitro groups is 1. The van der Waals surface area contributed by atoms with Gasteiger partial charge in [0.1, 0.15) is 11.5 Å². The van der Waals surface area contributed by atoms with Gasteiger partial charge in [0, 0.05) is 52.9 Å². The van der Waals surface area contributed by atoms with Crippen LogP contribution in [-0.4, -0.2) is 16.5 Å². The van der Waals surface area contributed by atoms with Gasteiger partial charge in [0.05, 0.1) is 4.92 Å². The van der Waals surface area contributed by atoms with E-state index in [1.807, 2.05) is 13.8 Å². The summed E-state index contributed by atoms with van der Waals surface area (Å²) in [5.41, 5.74) is 0.939. The summed E-state index contributed by atoms with van der Waals surface area (Å²) in [6, 6.07) is 6.19. The number of nitro benzene ring substituents is 1. The zero-order valence-corrected chi connectivity index (χ0v) is 17.2. The molecule has 0 saturated heterocycles. The molecule has 152 valence electrons. The molecule has 29 heavy (non-hydrogen) atoms. The van der Waals surface area contributed by atoms with Crippen molar-refractivity contribution in [2.24, 2.45) is 10.8 Å². The van der Waals surface area contributed by atoms with Crippen LogP contribution < -0.4 is 0 Å². The summed E-state index contributed by atoms with van der Waals surface area (Å²) >= 11 is 0. The highest BCUT2D eigenvalue weighted by Crippen LogP contribution is 2.54. The van der Waals surface area contributed by atoms with E-state index in [2.05, 4.69) is 13.8 Å². The molecule has 0 N–H and O–H groups in total. The van der Waals surface area contributed by atoms with Crippen LogP contribution in [0.2, 0.25) is 0 Å². The monoisotopic (exact) mass is 395 g/mol. The lowest BCUT2D eigenvalue weighted by Gasteiger charge is -2.44. The number of hydrogen-bond donors (Lipinski definition) is 0. The van der Waals surface area contributed by atoms with Crippen molar-refractivity contribution in [3.05, 3.63) is 62.6 Å². The number of nitrogens with zero attached hydrogens (tertiary/aromatic N) is 1. The number of ketones is 2. The molecular weight excluding hydrogens is 370 g/mol. The Bertz CT molecular complexity index is 995. The number of ether oxygens (including phenoxy) is 1. The van der Waals surface area contributed by atoms with E-state index in [0.29, 0.717) is 48.3 Å². The van der Waals surface area contributed by atoms with Crippen molar-refractivity contribution in [3.8, 4) is 0 Å². The van der Waals surface area contributed by atoms with Crippen molar-refractivity contribution in [1.29, 1.82) is 0 Å². The number of carbonyl (C=O) groups is 2.